The van der Waals surface area contributed by atoms with E-state index >= 15 is 0 Å². The zero-order valence-electron chi connectivity index (χ0n) is 7.28. The molecule has 0 aliphatic rings. The van der Waals surface area contributed by atoms with Crippen LogP contribution in [0.4, 0.5) is 0 Å². The SMILES string of the molecule is CCc1cccc2sc(C=O)nc12. The van der Waals surface area contributed by atoms with E-state index in [9.17, 15) is 4.79 Å². The summed E-state index contributed by atoms with van der Waals surface area (Å²) < 4.78 is 1.10. The fraction of sp³-hybridized carbons (Fsp3) is 0.200. The molecule has 0 N–H and O–H groups in total. The van der Waals surface area contributed by atoms with Gasteiger partial charge in [0.05, 0.1) is 10.2 Å². The van der Waals surface area contributed by atoms with Gasteiger partial charge in [0, 0.05) is 0 Å². The fourth-order valence-electron chi connectivity index (χ4n) is 1.36. The number of hydrogen-bond acceptors (Lipinski definition) is 3. The van der Waals surface area contributed by atoms with E-state index in [0.29, 0.717) is 5.01 Å². The first-order chi connectivity index (χ1) is 6.35. The molecule has 2 rings (SSSR count). The van der Waals surface area contributed by atoms with Crippen molar-refractivity contribution in [3.05, 3.63) is 28.8 Å². The number of carbonyl (C=O) groups is 1. The average molecular weight is 191 g/mol. The molecular weight excluding hydrogens is 182 g/mol. The zero-order chi connectivity index (χ0) is 9.26. The number of carbonyl (C=O) groups excluding carboxylic acids is 1. The smallest absolute Gasteiger partial charge is 0.178 e. The van der Waals surface area contributed by atoms with Crippen LogP contribution in [0.15, 0.2) is 18.2 Å². The number of aromatic nitrogens is 1. The predicted octanol–water partition coefficient (Wildman–Crippen LogP) is 2.67. The van der Waals surface area contributed by atoms with Gasteiger partial charge in [-0.05, 0) is 18.1 Å². The predicted molar refractivity (Wildman–Crippen MR) is 54.4 cm³/mol. The van der Waals surface area contributed by atoms with Crippen LogP contribution in [0.1, 0.15) is 22.3 Å². The summed E-state index contributed by atoms with van der Waals surface area (Å²) in [6, 6.07) is 6.06. The molecule has 13 heavy (non-hydrogen) atoms. The van der Waals surface area contributed by atoms with Gasteiger partial charge in [-0.1, -0.05) is 19.1 Å². The van der Waals surface area contributed by atoms with Crippen molar-refractivity contribution in [1.82, 2.24) is 4.98 Å². The summed E-state index contributed by atoms with van der Waals surface area (Å²) >= 11 is 1.45. The van der Waals surface area contributed by atoms with E-state index in [1.54, 1.807) is 0 Å². The standard InChI is InChI=1S/C10H9NOS/c1-2-7-4-3-5-8-10(7)11-9(6-12)13-8/h3-6H,2H2,1H3. The van der Waals surface area contributed by atoms with Crippen molar-refractivity contribution in [2.45, 2.75) is 13.3 Å². The number of hydrogen-bond donors (Lipinski definition) is 0. The molecule has 0 amide bonds. The lowest BCUT2D eigenvalue weighted by Gasteiger charge is -1.95. The van der Waals surface area contributed by atoms with Gasteiger partial charge in [0.25, 0.3) is 0 Å². The van der Waals surface area contributed by atoms with E-state index in [4.69, 9.17) is 0 Å². The first kappa shape index (κ1) is 8.38. The lowest BCUT2D eigenvalue weighted by molar-refractivity contribution is 0.112. The van der Waals surface area contributed by atoms with Crippen LogP contribution in [0, 0.1) is 0 Å². The Hall–Kier alpha value is -1.22. The van der Waals surface area contributed by atoms with E-state index in [-0.39, 0.29) is 0 Å². The molecule has 1 aromatic carbocycles. The van der Waals surface area contributed by atoms with Crippen LogP contribution in [-0.2, 0) is 6.42 Å². The minimum absolute atomic E-state index is 0.566. The summed E-state index contributed by atoms with van der Waals surface area (Å²) in [5.41, 5.74) is 2.19. The number of nitrogens with zero attached hydrogens (tertiary/aromatic N) is 1. The maximum Gasteiger partial charge on any atom is 0.178 e. The van der Waals surface area contributed by atoms with Gasteiger partial charge in [-0.3, -0.25) is 4.79 Å². The highest BCUT2D eigenvalue weighted by Crippen LogP contribution is 2.24. The normalized spacial score (nSPS) is 10.5. The molecule has 0 bridgehead atoms. The monoisotopic (exact) mass is 191 g/mol. The zero-order valence-corrected chi connectivity index (χ0v) is 8.10. The first-order valence-corrected chi connectivity index (χ1v) is 5.00. The number of aryl methyl sites for hydroxylation is 1. The Kier molecular flexibility index (Phi) is 2.10. The Balaban J connectivity index is 2.74. The molecule has 3 heteroatoms. The third-order valence-electron chi connectivity index (χ3n) is 2.00. The molecule has 1 aromatic heterocycles. The van der Waals surface area contributed by atoms with E-state index in [0.717, 1.165) is 22.9 Å². The summed E-state index contributed by atoms with van der Waals surface area (Å²) in [6.07, 6.45) is 1.77. The van der Waals surface area contributed by atoms with E-state index < -0.39 is 0 Å². The number of thiazole rings is 1. The minimum Gasteiger partial charge on any atom is -0.295 e. The summed E-state index contributed by atoms with van der Waals surface area (Å²) in [7, 11) is 0. The van der Waals surface area contributed by atoms with Crippen LogP contribution in [0.2, 0.25) is 0 Å². The van der Waals surface area contributed by atoms with Gasteiger partial charge in [-0.2, -0.15) is 0 Å². The van der Waals surface area contributed by atoms with Gasteiger partial charge in [-0.15, -0.1) is 11.3 Å². The second-order valence-electron chi connectivity index (χ2n) is 2.79. The number of fused-ring (bicyclic) bond motifs is 1. The number of para-hydroxylation sites is 1. The highest BCUT2D eigenvalue weighted by atomic mass is 32.1. The van der Waals surface area contributed by atoms with Gasteiger partial charge in [0.15, 0.2) is 11.3 Å². The molecule has 0 saturated heterocycles. The molecule has 0 radical (unpaired) electrons. The Bertz CT molecular complexity index is 447. The first-order valence-electron chi connectivity index (χ1n) is 4.18. The molecule has 2 nitrogen and oxygen atoms in total. The molecule has 0 aliphatic heterocycles. The van der Waals surface area contributed by atoms with Crippen molar-refractivity contribution < 1.29 is 4.79 Å². The molecule has 0 spiro atoms. The maximum atomic E-state index is 10.5. The minimum atomic E-state index is 0.566. The second kappa shape index (κ2) is 3.26. The molecule has 1 heterocycles. The van der Waals surface area contributed by atoms with Crippen molar-refractivity contribution in [3.63, 3.8) is 0 Å². The third kappa shape index (κ3) is 1.35. The van der Waals surface area contributed by atoms with E-state index in [1.165, 1.54) is 16.9 Å². The van der Waals surface area contributed by atoms with Gasteiger partial charge < -0.3 is 0 Å². The number of rotatable bonds is 2. The van der Waals surface area contributed by atoms with Crippen LogP contribution in [0.5, 0.6) is 0 Å². The van der Waals surface area contributed by atoms with Gasteiger partial charge in [0.1, 0.15) is 0 Å². The topological polar surface area (TPSA) is 30.0 Å². The lowest BCUT2D eigenvalue weighted by Crippen LogP contribution is -1.82. The largest absolute Gasteiger partial charge is 0.295 e. The Labute approximate surface area is 80.2 Å². The summed E-state index contributed by atoms with van der Waals surface area (Å²) in [6.45, 7) is 2.09. The Morgan fingerprint density at radius 2 is 2.38 bits per heavy atom. The van der Waals surface area contributed by atoms with Gasteiger partial charge in [-0.25, -0.2) is 4.98 Å². The number of benzene rings is 1. The van der Waals surface area contributed by atoms with Crippen molar-refractivity contribution >= 4 is 27.8 Å². The lowest BCUT2D eigenvalue weighted by atomic mass is 10.1. The van der Waals surface area contributed by atoms with Crippen molar-refractivity contribution in [2.75, 3.05) is 0 Å². The van der Waals surface area contributed by atoms with E-state index in [2.05, 4.69) is 18.0 Å². The molecular formula is C10H9NOS. The summed E-state index contributed by atoms with van der Waals surface area (Å²) in [5, 5.41) is 0.566. The van der Waals surface area contributed by atoms with Gasteiger partial charge in [0.2, 0.25) is 0 Å². The van der Waals surface area contributed by atoms with Gasteiger partial charge >= 0.3 is 0 Å². The van der Waals surface area contributed by atoms with Crippen molar-refractivity contribution in [2.24, 2.45) is 0 Å². The summed E-state index contributed by atoms with van der Waals surface area (Å²) in [5.74, 6) is 0. The van der Waals surface area contributed by atoms with Crippen LogP contribution in [0.3, 0.4) is 0 Å². The Morgan fingerprint density at radius 1 is 1.54 bits per heavy atom. The maximum absolute atomic E-state index is 10.5. The highest BCUT2D eigenvalue weighted by molar-refractivity contribution is 7.20. The van der Waals surface area contributed by atoms with Crippen LogP contribution >= 0.6 is 11.3 Å². The highest BCUT2D eigenvalue weighted by Gasteiger charge is 2.05. The Morgan fingerprint density at radius 3 is 3.08 bits per heavy atom. The fourth-order valence-corrected chi connectivity index (χ4v) is 2.19. The van der Waals surface area contributed by atoms with Crippen LogP contribution < -0.4 is 0 Å². The molecule has 2 aromatic rings. The second-order valence-corrected chi connectivity index (χ2v) is 3.85. The van der Waals surface area contributed by atoms with Crippen molar-refractivity contribution in [1.29, 1.82) is 0 Å². The molecule has 0 unspecified atom stereocenters. The molecule has 0 saturated carbocycles. The quantitative estimate of drug-likeness (QED) is 0.683. The van der Waals surface area contributed by atoms with Crippen LogP contribution in [0.25, 0.3) is 10.2 Å². The third-order valence-corrected chi connectivity index (χ3v) is 2.95. The molecule has 0 atom stereocenters. The number of aldehydes is 1. The van der Waals surface area contributed by atoms with Crippen molar-refractivity contribution in [3.8, 4) is 0 Å². The van der Waals surface area contributed by atoms with Crippen LogP contribution in [-0.4, -0.2) is 11.3 Å². The summed E-state index contributed by atoms with van der Waals surface area (Å²) in [4.78, 5) is 14.8. The molecule has 0 fully saturated rings. The average Bonchev–Trinajstić information content (AvgIpc) is 2.59. The van der Waals surface area contributed by atoms with E-state index in [1.807, 2.05) is 12.1 Å². The molecule has 66 valence electrons. The molecule has 0 aliphatic carbocycles.